The number of rotatable bonds is 2. The Kier molecular flexibility index (Phi) is 3.41. The van der Waals surface area contributed by atoms with Crippen LogP contribution >= 0.6 is 0 Å². The molecule has 0 aliphatic rings. The first-order valence-corrected chi connectivity index (χ1v) is 4.75. The average molecular weight is 106 g/mol. The molecule has 3 heteroatoms. The van der Waals surface area contributed by atoms with Gasteiger partial charge in [0.25, 0.3) is 0 Å². The lowest BCUT2D eigenvalue weighted by Gasteiger charge is -1.97. The van der Waals surface area contributed by atoms with E-state index in [2.05, 4.69) is 9.46 Å². The molecule has 0 aromatic carbocycles. The Hall–Kier alpha value is 0.137. The minimum absolute atomic E-state index is 0.893. The molecule has 0 saturated heterocycles. The van der Waals surface area contributed by atoms with Crippen molar-refractivity contribution in [3.63, 3.8) is 0 Å². The Balaban J connectivity index is 2.63. The van der Waals surface area contributed by atoms with Crippen LogP contribution in [0.25, 0.3) is 0 Å². The first-order chi connectivity index (χ1) is 2.77. The van der Waals surface area contributed by atoms with Gasteiger partial charge in [0.15, 0.2) is 0 Å². The van der Waals surface area contributed by atoms with E-state index in [-0.39, 0.29) is 0 Å². The summed E-state index contributed by atoms with van der Waals surface area (Å²) in [5.74, 6) is 0. The van der Waals surface area contributed by atoms with Crippen molar-refractivity contribution in [3.05, 3.63) is 0 Å². The number of hydrogen-bond donors (Lipinski definition) is 0. The van der Waals surface area contributed by atoms with Crippen molar-refractivity contribution in [1.29, 1.82) is 0 Å². The van der Waals surface area contributed by atoms with Crippen LogP contribution in [0.15, 0.2) is 0 Å². The summed E-state index contributed by atoms with van der Waals surface area (Å²) in [6.45, 7) is 4.09. The Morgan fingerprint density at radius 1 is 1.33 bits per heavy atom. The van der Waals surface area contributed by atoms with E-state index in [1.807, 2.05) is 13.1 Å². The van der Waals surface area contributed by atoms with E-state index in [4.69, 9.17) is 0 Å². The van der Waals surface area contributed by atoms with Gasteiger partial charge in [0.05, 0.1) is 7.11 Å². The van der Waals surface area contributed by atoms with Gasteiger partial charge in [0.2, 0.25) is 9.04 Å². The summed E-state index contributed by atoms with van der Waals surface area (Å²) in [4.78, 5) is 4.36. The molecule has 0 unspecified atom stereocenters. The zero-order chi connectivity index (χ0) is 4.99. The lowest BCUT2D eigenvalue weighted by Crippen LogP contribution is -2.05. The molecule has 0 heterocycles. The van der Waals surface area contributed by atoms with Gasteiger partial charge >= 0.3 is 0 Å². The molecule has 0 aromatic heterocycles. The molecule has 0 rings (SSSR count). The molecule has 0 spiro atoms. The molecule has 0 saturated carbocycles. The molecule has 6 heavy (non-hydrogen) atoms. The highest BCUT2D eigenvalue weighted by Crippen LogP contribution is 1.79. The highest BCUT2D eigenvalue weighted by molar-refractivity contribution is 6.48. The summed E-state index contributed by atoms with van der Waals surface area (Å²) >= 11 is 0. The van der Waals surface area contributed by atoms with Gasteiger partial charge in [-0.3, -0.25) is 9.46 Å². The van der Waals surface area contributed by atoms with E-state index in [0.29, 0.717) is 0 Å². The second-order valence-electron chi connectivity index (χ2n) is 1.31. The third kappa shape index (κ3) is 4.14. The van der Waals surface area contributed by atoms with Gasteiger partial charge in [-0.15, -0.1) is 0 Å². The van der Waals surface area contributed by atoms with E-state index in [1.165, 1.54) is 7.11 Å². The molecule has 0 aromatic rings. The van der Waals surface area contributed by atoms with Crippen LogP contribution in [-0.4, -0.2) is 16.2 Å². The predicted octanol–water partition coefficient (Wildman–Crippen LogP) is 0.548. The van der Waals surface area contributed by atoms with E-state index in [0.717, 1.165) is 0 Å². The highest BCUT2D eigenvalue weighted by atomic mass is 28.3. The first kappa shape index (κ1) is 6.14. The highest BCUT2D eigenvalue weighted by Gasteiger charge is 1.89. The van der Waals surface area contributed by atoms with Crippen molar-refractivity contribution in [2.24, 2.45) is 0 Å². The van der Waals surface area contributed by atoms with Crippen LogP contribution in [0.2, 0.25) is 13.1 Å². The maximum absolute atomic E-state index is 4.68. The molecular weight excluding hydrogens is 96.1 g/mol. The molecule has 0 fully saturated rings. The summed E-state index contributed by atoms with van der Waals surface area (Å²) < 4.78 is 4.68. The molecule has 0 amide bonds. The third-order valence-corrected chi connectivity index (χ3v) is 0.866. The van der Waals surface area contributed by atoms with Gasteiger partial charge in [-0.1, -0.05) is 0 Å². The third-order valence-electron chi connectivity index (χ3n) is 0.289. The smallest absolute Gasteiger partial charge is 0.217 e. The van der Waals surface area contributed by atoms with Crippen LogP contribution < -0.4 is 0 Å². The van der Waals surface area contributed by atoms with Crippen molar-refractivity contribution < 1.29 is 9.46 Å². The molecule has 2 nitrogen and oxygen atoms in total. The standard InChI is InChI=1S/C3H10O2Si/c1-4-5-6(2)3/h6H,1-3H3. The van der Waals surface area contributed by atoms with Crippen LogP contribution in [0.4, 0.5) is 0 Å². The van der Waals surface area contributed by atoms with E-state index < -0.39 is 9.04 Å². The SMILES string of the molecule is COO[SiH](C)C. The molecule has 0 N–H and O–H groups in total. The van der Waals surface area contributed by atoms with Crippen molar-refractivity contribution in [3.8, 4) is 0 Å². The van der Waals surface area contributed by atoms with Gasteiger partial charge in [-0.25, -0.2) is 0 Å². The normalized spacial score (nSPS) is 10.0. The zero-order valence-corrected chi connectivity index (χ0v) is 5.55. The second-order valence-corrected chi connectivity index (χ2v) is 3.60. The van der Waals surface area contributed by atoms with E-state index >= 15 is 0 Å². The van der Waals surface area contributed by atoms with Crippen molar-refractivity contribution in [2.75, 3.05) is 7.11 Å². The molecule has 0 atom stereocenters. The van der Waals surface area contributed by atoms with Crippen LogP contribution in [0.5, 0.6) is 0 Å². The lowest BCUT2D eigenvalue weighted by atomic mass is 11.8. The summed E-state index contributed by atoms with van der Waals surface area (Å²) in [5.41, 5.74) is 0. The van der Waals surface area contributed by atoms with Crippen LogP contribution in [0.1, 0.15) is 0 Å². The van der Waals surface area contributed by atoms with Gasteiger partial charge in [-0.05, 0) is 13.1 Å². The Morgan fingerprint density at radius 2 is 1.83 bits per heavy atom. The maximum Gasteiger partial charge on any atom is 0.217 e. The molecule has 0 aliphatic carbocycles. The van der Waals surface area contributed by atoms with E-state index in [1.54, 1.807) is 0 Å². The van der Waals surface area contributed by atoms with Crippen molar-refractivity contribution in [1.82, 2.24) is 0 Å². The zero-order valence-electron chi connectivity index (χ0n) is 4.39. The van der Waals surface area contributed by atoms with Crippen molar-refractivity contribution >= 4 is 9.04 Å². The molecule has 0 bridgehead atoms. The fourth-order valence-corrected chi connectivity index (χ4v) is 0.577. The Morgan fingerprint density at radius 3 is 1.83 bits per heavy atom. The van der Waals surface area contributed by atoms with Crippen LogP contribution in [-0.2, 0) is 9.46 Å². The Labute approximate surface area is 39.7 Å². The minimum Gasteiger partial charge on any atom is -0.291 e. The van der Waals surface area contributed by atoms with Gasteiger partial charge < -0.3 is 0 Å². The van der Waals surface area contributed by atoms with E-state index in [9.17, 15) is 0 Å². The molecule has 38 valence electrons. The fraction of sp³-hybridized carbons (Fsp3) is 1.00. The van der Waals surface area contributed by atoms with Crippen LogP contribution in [0, 0.1) is 0 Å². The largest absolute Gasteiger partial charge is 0.291 e. The second kappa shape index (κ2) is 3.33. The topological polar surface area (TPSA) is 18.5 Å². The summed E-state index contributed by atoms with van der Waals surface area (Å²) in [7, 11) is 0.642. The average Bonchev–Trinajstić information content (AvgIpc) is 1.35. The first-order valence-electron chi connectivity index (χ1n) is 1.97. The molecular formula is C3H10O2Si. The molecule has 0 aliphatic heterocycles. The Bertz CT molecular complexity index is 30.0. The minimum atomic E-state index is -0.893. The van der Waals surface area contributed by atoms with Crippen molar-refractivity contribution in [2.45, 2.75) is 13.1 Å². The lowest BCUT2D eigenvalue weighted by molar-refractivity contribution is -0.183. The number of hydrogen-bond acceptors (Lipinski definition) is 2. The van der Waals surface area contributed by atoms with Gasteiger partial charge in [0.1, 0.15) is 0 Å². The van der Waals surface area contributed by atoms with Crippen LogP contribution in [0.3, 0.4) is 0 Å². The molecule has 0 radical (unpaired) electrons. The quantitative estimate of drug-likeness (QED) is 0.291. The summed E-state index contributed by atoms with van der Waals surface area (Å²) in [5, 5.41) is 0. The fourth-order valence-electron chi connectivity index (χ4n) is 0.192. The summed E-state index contributed by atoms with van der Waals surface area (Å²) in [6, 6.07) is 0. The monoisotopic (exact) mass is 106 g/mol. The predicted molar refractivity (Wildman–Crippen MR) is 27.0 cm³/mol. The summed E-state index contributed by atoms with van der Waals surface area (Å²) in [6.07, 6.45) is 0. The van der Waals surface area contributed by atoms with Gasteiger partial charge in [0, 0.05) is 0 Å². The van der Waals surface area contributed by atoms with Gasteiger partial charge in [-0.2, -0.15) is 0 Å². The maximum atomic E-state index is 4.68.